The van der Waals surface area contributed by atoms with E-state index in [-0.39, 0.29) is 6.79 Å². The molecule has 0 amide bonds. The van der Waals surface area contributed by atoms with Crippen molar-refractivity contribution in [2.24, 2.45) is 0 Å². The first-order valence-electron chi connectivity index (χ1n) is 7.56. The van der Waals surface area contributed by atoms with Crippen molar-refractivity contribution in [1.82, 2.24) is 4.98 Å². The van der Waals surface area contributed by atoms with Gasteiger partial charge in [-0.15, -0.1) is 0 Å². The van der Waals surface area contributed by atoms with Gasteiger partial charge in [-0.2, -0.15) is 0 Å². The van der Waals surface area contributed by atoms with Crippen LogP contribution in [0.2, 0.25) is 0 Å². The number of aromatic amines is 1. The number of benzene rings is 2. The van der Waals surface area contributed by atoms with E-state index in [2.05, 4.69) is 4.98 Å². The molecule has 5 nitrogen and oxygen atoms in total. The summed E-state index contributed by atoms with van der Waals surface area (Å²) in [5.41, 5.74) is 4.18. The number of hydrogen-bond acceptors (Lipinski definition) is 4. The lowest BCUT2D eigenvalue weighted by molar-refractivity contribution is 0.0503. The van der Waals surface area contributed by atoms with Crippen molar-refractivity contribution in [3.05, 3.63) is 47.5 Å². The third-order valence-electron chi connectivity index (χ3n) is 3.89. The Labute approximate surface area is 140 Å². The first-order chi connectivity index (χ1) is 11.7. The van der Waals surface area contributed by atoms with E-state index in [1.54, 1.807) is 20.3 Å². The van der Waals surface area contributed by atoms with E-state index in [1.807, 2.05) is 37.3 Å². The number of rotatable bonds is 6. The minimum absolute atomic E-state index is 0.0682. The number of methoxy groups -OCH3 is 2. The van der Waals surface area contributed by atoms with Crippen LogP contribution in [0.5, 0.6) is 11.5 Å². The van der Waals surface area contributed by atoms with Gasteiger partial charge in [0, 0.05) is 7.11 Å². The number of aromatic nitrogens is 1. The van der Waals surface area contributed by atoms with Crippen LogP contribution in [0.1, 0.15) is 15.9 Å². The van der Waals surface area contributed by atoms with Crippen LogP contribution in [-0.2, 0) is 4.74 Å². The number of ether oxygens (including phenoxy) is 3. The lowest BCUT2D eigenvalue weighted by atomic mass is 10.0. The van der Waals surface area contributed by atoms with Crippen molar-refractivity contribution < 1.29 is 19.0 Å². The van der Waals surface area contributed by atoms with Gasteiger partial charge in [-0.3, -0.25) is 4.79 Å². The second-order valence-corrected chi connectivity index (χ2v) is 5.47. The number of H-pyrrole nitrogens is 1. The molecule has 0 atom stereocenters. The molecule has 0 aliphatic heterocycles. The maximum Gasteiger partial charge on any atom is 0.188 e. The molecular formula is C19H19NO4. The molecule has 0 fully saturated rings. The molecule has 0 radical (unpaired) electrons. The van der Waals surface area contributed by atoms with E-state index in [4.69, 9.17) is 14.2 Å². The molecule has 0 spiro atoms. The standard InChI is InChI=1S/C19H19NO4/c1-12-5-4-6-13(9-12)18-14(10-21)17-15(20-18)7-8-16(23-3)19(17)24-11-22-2/h4-10,20H,11H2,1-3H3. The second-order valence-electron chi connectivity index (χ2n) is 5.47. The Bertz CT molecular complexity index is 882. The van der Waals surface area contributed by atoms with Crippen molar-refractivity contribution >= 4 is 17.2 Å². The summed E-state index contributed by atoms with van der Waals surface area (Å²) in [7, 11) is 3.11. The summed E-state index contributed by atoms with van der Waals surface area (Å²) in [5, 5.41) is 0.693. The molecule has 1 aromatic heterocycles. The summed E-state index contributed by atoms with van der Waals surface area (Å²) >= 11 is 0. The van der Waals surface area contributed by atoms with Gasteiger partial charge in [0.05, 0.1) is 29.3 Å². The van der Waals surface area contributed by atoms with Gasteiger partial charge in [-0.25, -0.2) is 0 Å². The zero-order valence-electron chi connectivity index (χ0n) is 13.9. The van der Waals surface area contributed by atoms with Gasteiger partial charge in [-0.1, -0.05) is 23.8 Å². The van der Waals surface area contributed by atoms with Crippen molar-refractivity contribution in [3.8, 4) is 22.8 Å². The van der Waals surface area contributed by atoms with E-state index in [9.17, 15) is 4.79 Å². The highest BCUT2D eigenvalue weighted by Gasteiger charge is 2.20. The smallest absolute Gasteiger partial charge is 0.188 e. The highest BCUT2D eigenvalue weighted by molar-refractivity contribution is 6.08. The Morgan fingerprint density at radius 2 is 2.00 bits per heavy atom. The summed E-state index contributed by atoms with van der Waals surface area (Å²) in [6.45, 7) is 2.08. The van der Waals surface area contributed by atoms with Crippen LogP contribution < -0.4 is 9.47 Å². The minimum atomic E-state index is 0.0682. The lowest BCUT2D eigenvalue weighted by Gasteiger charge is -2.11. The zero-order valence-corrected chi connectivity index (χ0v) is 13.9. The first kappa shape index (κ1) is 16.1. The van der Waals surface area contributed by atoms with Gasteiger partial charge in [0.2, 0.25) is 0 Å². The maximum absolute atomic E-state index is 11.8. The number of fused-ring (bicyclic) bond motifs is 1. The molecule has 0 aliphatic carbocycles. The molecule has 0 bridgehead atoms. The average molecular weight is 325 g/mol. The van der Waals surface area contributed by atoms with Crippen LogP contribution in [0.4, 0.5) is 0 Å². The number of hydrogen-bond donors (Lipinski definition) is 1. The van der Waals surface area contributed by atoms with Gasteiger partial charge in [-0.05, 0) is 30.7 Å². The fraction of sp³-hybridized carbons (Fsp3) is 0.211. The monoisotopic (exact) mass is 325 g/mol. The summed E-state index contributed by atoms with van der Waals surface area (Å²) in [6.07, 6.45) is 0.843. The third-order valence-corrected chi connectivity index (χ3v) is 3.89. The number of carbonyl (C=O) groups is 1. The van der Waals surface area contributed by atoms with Crippen LogP contribution in [0.3, 0.4) is 0 Å². The Morgan fingerprint density at radius 3 is 2.67 bits per heavy atom. The fourth-order valence-corrected chi connectivity index (χ4v) is 2.83. The maximum atomic E-state index is 11.8. The van der Waals surface area contributed by atoms with Crippen molar-refractivity contribution in [2.75, 3.05) is 21.0 Å². The summed E-state index contributed by atoms with van der Waals surface area (Å²) < 4.78 is 16.1. The van der Waals surface area contributed by atoms with Crippen molar-refractivity contribution in [3.63, 3.8) is 0 Å². The minimum Gasteiger partial charge on any atom is -0.493 e. The number of aldehydes is 1. The molecule has 24 heavy (non-hydrogen) atoms. The average Bonchev–Trinajstić information content (AvgIpc) is 2.98. The summed E-state index contributed by atoms with van der Waals surface area (Å²) in [6, 6.07) is 11.7. The molecule has 3 aromatic rings. The molecule has 5 heteroatoms. The molecule has 124 valence electrons. The van der Waals surface area contributed by atoms with E-state index in [0.717, 1.165) is 28.6 Å². The van der Waals surface area contributed by atoms with Gasteiger partial charge >= 0.3 is 0 Å². The van der Waals surface area contributed by atoms with Crippen LogP contribution in [0.25, 0.3) is 22.2 Å². The molecule has 1 N–H and O–H groups in total. The predicted molar refractivity (Wildman–Crippen MR) is 92.9 cm³/mol. The predicted octanol–water partition coefficient (Wildman–Crippen LogP) is 3.95. The highest BCUT2D eigenvalue weighted by Crippen LogP contribution is 2.40. The molecule has 1 heterocycles. The summed E-state index contributed by atoms with van der Waals surface area (Å²) in [4.78, 5) is 15.2. The highest BCUT2D eigenvalue weighted by atomic mass is 16.7. The van der Waals surface area contributed by atoms with E-state index >= 15 is 0 Å². The molecular weight excluding hydrogens is 306 g/mol. The number of carbonyl (C=O) groups excluding carboxylic acids is 1. The number of nitrogens with one attached hydrogen (secondary N) is 1. The van der Waals surface area contributed by atoms with Gasteiger partial charge in [0.15, 0.2) is 24.6 Å². The van der Waals surface area contributed by atoms with Crippen LogP contribution >= 0.6 is 0 Å². The normalized spacial score (nSPS) is 10.8. The Balaban J connectivity index is 2.28. The lowest BCUT2D eigenvalue weighted by Crippen LogP contribution is -2.01. The molecule has 0 saturated carbocycles. The number of aryl methyl sites for hydroxylation is 1. The Kier molecular flexibility index (Phi) is 4.53. The van der Waals surface area contributed by atoms with Crippen molar-refractivity contribution in [2.45, 2.75) is 6.92 Å². The van der Waals surface area contributed by atoms with Crippen molar-refractivity contribution in [1.29, 1.82) is 0 Å². The van der Waals surface area contributed by atoms with Gasteiger partial charge in [0.25, 0.3) is 0 Å². The van der Waals surface area contributed by atoms with E-state index in [1.165, 1.54) is 0 Å². The molecule has 0 unspecified atom stereocenters. The molecule has 0 saturated heterocycles. The molecule has 2 aromatic carbocycles. The van der Waals surface area contributed by atoms with Gasteiger partial charge in [0.1, 0.15) is 0 Å². The SMILES string of the molecule is COCOc1c(OC)ccc2[nH]c(-c3cccc(C)c3)c(C=O)c12. The van der Waals surface area contributed by atoms with Crippen LogP contribution in [0, 0.1) is 6.92 Å². The topological polar surface area (TPSA) is 60.6 Å². The first-order valence-corrected chi connectivity index (χ1v) is 7.56. The van der Waals surface area contributed by atoms with Crippen LogP contribution in [-0.4, -0.2) is 32.3 Å². The van der Waals surface area contributed by atoms with E-state index < -0.39 is 0 Å². The van der Waals surface area contributed by atoms with E-state index in [0.29, 0.717) is 22.4 Å². The largest absolute Gasteiger partial charge is 0.493 e. The molecule has 0 aliphatic rings. The van der Waals surface area contributed by atoms with Gasteiger partial charge < -0.3 is 19.2 Å². The quantitative estimate of drug-likeness (QED) is 0.551. The Morgan fingerprint density at radius 1 is 1.17 bits per heavy atom. The second kappa shape index (κ2) is 6.76. The molecule has 3 rings (SSSR count). The fourth-order valence-electron chi connectivity index (χ4n) is 2.83. The Hall–Kier alpha value is -2.79. The zero-order chi connectivity index (χ0) is 17.1. The third kappa shape index (κ3) is 2.74. The van der Waals surface area contributed by atoms with Crippen LogP contribution in [0.15, 0.2) is 36.4 Å². The summed E-state index contributed by atoms with van der Waals surface area (Å²) in [5.74, 6) is 1.05.